The van der Waals surface area contributed by atoms with Crippen LogP contribution in [0.5, 0.6) is 0 Å². The molecular weight excluding hydrogens is 452 g/mol. The van der Waals surface area contributed by atoms with Crippen LogP contribution >= 0.6 is 12.6 Å². The number of nitrogens with two attached hydrogens (primary N) is 3. The van der Waals surface area contributed by atoms with Crippen molar-refractivity contribution in [3.05, 3.63) is 0 Å². The molecule has 0 radical (unpaired) electrons. The monoisotopic (exact) mass is 490 g/mol. The highest BCUT2D eigenvalue weighted by Gasteiger charge is 2.31. The minimum atomic E-state index is -1.23. The van der Waals surface area contributed by atoms with E-state index in [1.165, 1.54) is 0 Å². The number of carbonyl (C=O) groups excluding carboxylic acids is 4. The number of hydrogen-bond acceptors (Lipinski definition) is 8. The fourth-order valence-electron chi connectivity index (χ4n) is 2.89. The minimum absolute atomic E-state index is 0.0683. The average Bonchev–Trinajstić information content (AvgIpc) is 2.77. The highest BCUT2D eigenvalue weighted by Crippen LogP contribution is 2.10. The lowest BCUT2D eigenvalue weighted by Crippen LogP contribution is -2.58. The van der Waals surface area contributed by atoms with Gasteiger partial charge in [-0.05, 0) is 38.1 Å². The molecule has 0 aromatic heterocycles. The molecule has 190 valence electrons. The van der Waals surface area contributed by atoms with Gasteiger partial charge in [0, 0.05) is 12.2 Å². The Morgan fingerprint density at radius 1 is 0.939 bits per heavy atom. The smallest absolute Gasteiger partial charge is 0.326 e. The maximum Gasteiger partial charge on any atom is 0.326 e. The van der Waals surface area contributed by atoms with Gasteiger partial charge in [-0.3, -0.25) is 19.2 Å². The molecule has 0 aliphatic rings. The number of carboxylic acids is 1. The van der Waals surface area contributed by atoms with E-state index in [4.69, 9.17) is 17.2 Å². The number of carboxylic acid groups (broad SMARTS) is 1. The van der Waals surface area contributed by atoms with Crippen molar-refractivity contribution in [2.75, 3.05) is 12.3 Å². The lowest BCUT2D eigenvalue weighted by molar-refractivity contribution is -0.144. The first kappa shape index (κ1) is 30.6. The van der Waals surface area contributed by atoms with Crippen LogP contribution in [0.15, 0.2) is 0 Å². The van der Waals surface area contributed by atoms with Crippen LogP contribution in [0.25, 0.3) is 0 Å². The van der Waals surface area contributed by atoms with Crippen LogP contribution in [0, 0.1) is 5.92 Å². The molecule has 0 spiro atoms. The number of rotatable bonds is 17. The third kappa shape index (κ3) is 11.9. The largest absolute Gasteiger partial charge is 0.480 e. The van der Waals surface area contributed by atoms with Crippen molar-refractivity contribution in [2.45, 2.75) is 76.5 Å². The lowest BCUT2D eigenvalue weighted by atomic mass is 9.98. The quantitative estimate of drug-likeness (QED) is 0.0858. The standard InChI is InChI=1S/C20H38N6O6S/c1-3-11(2)16(20(31)32)26-19(30)14(7-8-15(23)27)25-18(29)13(6-4-5-9-21)24-17(28)12(22)10-33/h11-14,16,33H,3-10,21-22H2,1-2H3,(H2,23,27)(H,24,28)(H,25,29)(H,26,30)(H,31,32). The summed E-state index contributed by atoms with van der Waals surface area (Å²) >= 11 is 3.97. The second-order valence-corrected chi connectivity index (χ2v) is 8.28. The summed E-state index contributed by atoms with van der Waals surface area (Å²) in [6.45, 7) is 3.85. The van der Waals surface area contributed by atoms with Gasteiger partial charge >= 0.3 is 5.97 Å². The highest BCUT2D eigenvalue weighted by molar-refractivity contribution is 7.80. The maximum absolute atomic E-state index is 12.9. The van der Waals surface area contributed by atoms with Crippen LogP contribution in [0.1, 0.15) is 52.4 Å². The van der Waals surface area contributed by atoms with Crippen molar-refractivity contribution in [1.29, 1.82) is 0 Å². The van der Waals surface area contributed by atoms with Crippen molar-refractivity contribution in [2.24, 2.45) is 23.1 Å². The highest BCUT2D eigenvalue weighted by atomic mass is 32.1. The summed E-state index contributed by atoms with van der Waals surface area (Å²) in [5.74, 6) is -4.23. The molecule has 0 fully saturated rings. The molecule has 4 amide bonds. The molecule has 0 rings (SSSR count). The molecular formula is C20H38N6O6S. The summed E-state index contributed by atoms with van der Waals surface area (Å²) in [6, 6.07) is -4.35. The van der Waals surface area contributed by atoms with Crippen LogP contribution in [0.2, 0.25) is 0 Å². The Kier molecular flexibility index (Phi) is 15.1. The van der Waals surface area contributed by atoms with E-state index in [2.05, 4.69) is 28.6 Å². The van der Waals surface area contributed by atoms with E-state index in [9.17, 15) is 29.1 Å². The first-order valence-electron chi connectivity index (χ1n) is 11.0. The fraction of sp³-hybridized carbons (Fsp3) is 0.750. The van der Waals surface area contributed by atoms with Crippen molar-refractivity contribution >= 4 is 42.2 Å². The molecule has 0 aliphatic carbocycles. The number of aliphatic carboxylic acids is 1. The summed E-state index contributed by atoms with van der Waals surface area (Å²) in [5.41, 5.74) is 16.3. The van der Waals surface area contributed by atoms with E-state index in [0.717, 1.165) is 0 Å². The van der Waals surface area contributed by atoms with Gasteiger partial charge in [-0.25, -0.2) is 4.79 Å². The Labute approximate surface area is 199 Å². The van der Waals surface area contributed by atoms with E-state index in [1.54, 1.807) is 13.8 Å². The van der Waals surface area contributed by atoms with Crippen molar-refractivity contribution in [1.82, 2.24) is 16.0 Å². The summed E-state index contributed by atoms with van der Waals surface area (Å²) in [5, 5.41) is 16.9. The number of carbonyl (C=O) groups is 5. The van der Waals surface area contributed by atoms with Gasteiger partial charge in [0.05, 0.1) is 6.04 Å². The topological polar surface area (TPSA) is 220 Å². The summed E-state index contributed by atoms with van der Waals surface area (Å²) in [7, 11) is 0. The molecule has 33 heavy (non-hydrogen) atoms. The molecule has 5 unspecified atom stereocenters. The van der Waals surface area contributed by atoms with Crippen molar-refractivity contribution in [3.63, 3.8) is 0 Å². The van der Waals surface area contributed by atoms with E-state index in [0.29, 0.717) is 25.8 Å². The zero-order chi connectivity index (χ0) is 25.6. The SMILES string of the molecule is CCC(C)C(NC(=O)C(CCC(N)=O)NC(=O)C(CCCCN)NC(=O)C(N)CS)C(=O)O. The van der Waals surface area contributed by atoms with Crippen molar-refractivity contribution < 1.29 is 29.1 Å². The van der Waals surface area contributed by atoms with Crippen LogP contribution < -0.4 is 33.2 Å². The molecule has 5 atom stereocenters. The molecule has 0 aromatic rings. The van der Waals surface area contributed by atoms with Gasteiger partial charge in [0.2, 0.25) is 23.6 Å². The molecule has 10 N–H and O–H groups in total. The Morgan fingerprint density at radius 2 is 1.48 bits per heavy atom. The second-order valence-electron chi connectivity index (χ2n) is 7.91. The number of amides is 4. The molecule has 0 bridgehead atoms. The van der Waals surface area contributed by atoms with Gasteiger partial charge in [0.25, 0.3) is 0 Å². The van der Waals surface area contributed by atoms with Gasteiger partial charge in [0.1, 0.15) is 18.1 Å². The minimum Gasteiger partial charge on any atom is -0.480 e. The predicted octanol–water partition coefficient (Wildman–Crippen LogP) is -1.78. The zero-order valence-electron chi connectivity index (χ0n) is 19.2. The first-order valence-corrected chi connectivity index (χ1v) is 11.6. The lowest BCUT2D eigenvalue weighted by Gasteiger charge is -2.26. The summed E-state index contributed by atoms with van der Waals surface area (Å²) in [6.07, 6.45) is 1.52. The van der Waals surface area contributed by atoms with Gasteiger partial charge in [-0.15, -0.1) is 0 Å². The number of thiol groups is 1. The third-order valence-corrected chi connectivity index (χ3v) is 5.60. The van der Waals surface area contributed by atoms with Gasteiger partial charge in [-0.1, -0.05) is 20.3 Å². The molecule has 0 saturated heterocycles. The Balaban J connectivity index is 5.56. The molecule has 0 aromatic carbocycles. The summed E-state index contributed by atoms with van der Waals surface area (Å²) < 4.78 is 0. The van der Waals surface area contributed by atoms with Gasteiger partial charge in [-0.2, -0.15) is 12.6 Å². The Morgan fingerprint density at radius 3 is 1.97 bits per heavy atom. The predicted molar refractivity (Wildman–Crippen MR) is 126 cm³/mol. The van der Waals surface area contributed by atoms with E-state index in [-0.39, 0.29) is 30.9 Å². The van der Waals surface area contributed by atoms with E-state index in [1.807, 2.05) is 0 Å². The fourth-order valence-corrected chi connectivity index (χ4v) is 3.05. The van der Waals surface area contributed by atoms with Crippen LogP contribution in [0.4, 0.5) is 0 Å². The average molecular weight is 491 g/mol. The molecule has 0 aliphatic heterocycles. The van der Waals surface area contributed by atoms with Gasteiger partial charge < -0.3 is 38.3 Å². The Hall–Kier alpha value is -2.38. The van der Waals surface area contributed by atoms with Crippen LogP contribution in [-0.4, -0.2) is 71.2 Å². The van der Waals surface area contributed by atoms with E-state index >= 15 is 0 Å². The van der Waals surface area contributed by atoms with E-state index < -0.39 is 53.8 Å². The molecule has 0 heterocycles. The maximum atomic E-state index is 12.9. The first-order chi connectivity index (χ1) is 15.5. The van der Waals surface area contributed by atoms with Crippen molar-refractivity contribution in [3.8, 4) is 0 Å². The number of nitrogens with one attached hydrogen (secondary N) is 3. The number of unbranched alkanes of at least 4 members (excludes halogenated alkanes) is 1. The normalized spacial score (nSPS) is 15.4. The molecule has 13 heteroatoms. The van der Waals surface area contributed by atoms with Gasteiger partial charge in [0.15, 0.2) is 0 Å². The van der Waals surface area contributed by atoms with Crippen LogP contribution in [-0.2, 0) is 24.0 Å². The number of primary amides is 1. The van der Waals surface area contributed by atoms with Crippen LogP contribution in [0.3, 0.4) is 0 Å². The third-order valence-electron chi connectivity index (χ3n) is 5.20. The second kappa shape index (κ2) is 16.3. The molecule has 0 saturated carbocycles. The molecule has 12 nitrogen and oxygen atoms in total. The summed E-state index contributed by atoms with van der Waals surface area (Å²) in [4.78, 5) is 60.7. The number of hydrogen-bond donors (Lipinski definition) is 8. The Bertz CT molecular complexity index is 679. The zero-order valence-corrected chi connectivity index (χ0v) is 20.1.